The minimum absolute atomic E-state index is 0.139. The van der Waals surface area contributed by atoms with Crippen molar-refractivity contribution in [3.05, 3.63) is 53.6 Å². The molecule has 0 aromatic heterocycles. The van der Waals surface area contributed by atoms with E-state index in [0.29, 0.717) is 11.4 Å². The van der Waals surface area contributed by atoms with E-state index in [9.17, 15) is 13.2 Å². The van der Waals surface area contributed by atoms with Gasteiger partial charge in [-0.05, 0) is 76.9 Å². The van der Waals surface area contributed by atoms with Crippen LogP contribution in [0, 0.1) is 13.8 Å². The first-order valence-electron chi connectivity index (χ1n) is 9.07. The van der Waals surface area contributed by atoms with Gasteiger partial charge in [0.1, 0.15) is 5.75 Å². The number of hydrogen-bond donors (Lipinski definition) is 2. The number of anilines is 1. The maximum Gasteiger partial charge on any atom is 0.265 e. The van der Waals surface area contributed by atoms with E-state index in [-0.39, 0.29) is 10.8 Å². The summed E-state index contributed by atoms with van der Waals surface area (Å²) in [5, 5.41) is 2.75. The van der Waals surface area contributed by atoms with E-state index in [2.05, 4.69) is 10.0 Å². The van der Waals surface area contributed by atoms with Gasteiger partial charge >= 0.3 is 0 Å². The lowest BCUT2D eigenvalue weighted by atomic mass is 10.1. The largest absolute Gasteiger partial charge is 0.480 e. The average molecular weight is 405 g/mol. The fraction of sp³-hybridized carbons (Fsp3) is 0.381. The molecule has 0 saturated carbocycles. The van der Waals surface area contributed by atoms with Crippen LogP contribution in [-0.4, -0.2) is 26.0 Å². The summed E-state index contributed by atoms with van der Waals surface area (Å²) < 4.78 is 33.1. The molecule has 7 heteroatoms. The molecular weight excluding hydrogens is 376 g/mol. The number of hydrogen-bond acceptors (Lipinski definition) is 4. The molecule has 0 spiro atoms. The molecule has 2 aromatic carbocycles. The van der Waals surface area contributed by atoms with Crippen LogP contribution in [0.4, 0.5) is 5.69 Å². The van der Waals surface area contributed by atoms with E-state index in [1.165, 1.54) is 12.1 Å². The highest BCUT2D eigenvalue weighted by Crippen LogP contribution is 2.24. The van der Waals surface area contributed by atoms with Crippen molar-refractivity contribution >= 4 is 21.6 Å². The summed E-state index contributed by atoms with van der Waals surface area (Å²) in [6.45, 7) is 10.9. The third-order valence-electron chi connectivity index (χ3n) is 3.95. The molecule has 0 bridgehead atoms. The van der Waals surface area contributed by atoms with Crippen LogP contribution < -0.4 is 14.8 Å². The third-order valence-corrected chi connectivity index (χ3v) is 5.72. The lowest BCUT2D eigenvalue weighted by Gasteiger charge is -2.20. The van der Waals surface area contributed by atoms with Crippen molar-refractivity contribution in [3.8, 4) is 5.75 Å². The second-order valence-corrected chi connectivity index (χ2v) is 9.53. The molecule has 2 aromatic rings. The Morgan fingerprint density at radius 3 is 2.04 bits per heavy atom. The van der Waals surface area contributed by atoms with Crippen LogP contribution in [0.15, 0.2) is 47.4 Å². The maximum atomic E-state index is 12.4. The van der Waals surface area contributed by atoms with Crippen molar-refractivity contribution in [2.45, 2.75) is 58.1 Å². The number of carbonyl (C=O) groups is 1. The number of carbonyl (C=O) groups excluding carboxylic acids is 1. The second-order valence-electron chi connectivity index (χ2n) is 7.85. The molecule has 2 rings (SSSR count). The molecule has 6 nitrogen and oxygen atoms in total. The van der Waals surface area contributed by atoms with E-state index >= 15 is 0 Å². The summed E-state index contributed by atoms with van der Waals surface area (Å²) in [4.78, 5) is 12.6. The zero-order valence-electron chi connectivity index (χ0n) is 17.2. The summed E-state index contributed by atoms with van der Waals surface area (Å²) >= 11 is 0. The summed E-state index contributed by atoms with van der Waals surface area (Å²) in [5.41, 5.74) is 1.84. The first-order valence-corrected chi connectivity index (χ1v) is 10.6. The Labute approximate surface area is 167 Å². The first-order chi connectivity index (χ1) is 12.9. The van der Waals surface area contributed by atoms with Gasteiger partial charge in [0.2, 0.25) is 10.0 Å². The quantitative estimate of drug-likeness (QED) is 0.767. The molecular formula is C21H28N2O4S. The van der Waals surface area contributed by atoms with Crippen molar-refractivity contribution in [2.24, 2.45) is 0 Å². The van der Waals surface area contributed by atoms with Crippen LogP contribution in [0.2, 0.25) is 0 Å². The van der Waals surface area contributed by atoms with E-state index in [0.717, 1.165) is 11.1 Å². The van der Waals surface area contributed by atoms with Gasteiger partial charge in [-0.15, -0.1) is 0 Å². The zero-order chi connectivity index (χ0) is 21.1. The highest BCUT2D eigenvalue weighted by molar-refractivity contribution is 7.89. The monoisotopic (exact) mass is 404 g/mol. The lowest BCUT2D eigenvalue weighted by molar-refractivity contribution is -0.122. The van der Waals surface area contributed by atoms with Gasteiger partial charge in [0, 0.05) is 11.2 Å². The number of amides is 1. The number of ether oxygens (including phenoxy) is 1. The highest BCUT2D eigenvalue weighted by atomic mass is 32.2. The van der Waals surface area contributed by atoms with Crippen molar-refractivity contribution in [3.63, 3.8) is 0 Å². The molecule has 0 aliphatic rings. The van der Waals surface area contributed by atoms with Gasteiger partial charge in [0.25, 0.3) is 5.91 Å². The van der Waals surface area contributed by atoms with Gasteiger partial charge in [-0.1, -0.05) is 18.2 Å². The zero-order valence-corrected chi connectivity index (χ0v) is 18.0. The van der Waals surface area contributed by atoms with Gasteiger partial charge in [-0.25, -0.2) is 13.1 Å². The fourth-order valence-electron chi connectivity index (χ4n) is 2.64. The molecule has 0 aliphatic heterocycles. The van der Waals surface area contributed by atoms with Crippen LogP contribution in [0.25, 0.3) is 0 Å². The van der Waals surface area contributed by atoms with E-state index in [1.807, 2.05) is 32.0 Å². The van der Waals surface area contributed by atoms with E-state index < -0.39 is 21.7 Å². The number of aryl methyl sites for hydroxylation is 2. The van der Waals surface area contributed by atoms with Crippen LogP contribution in [-0.2, 0) is 14.8 Å². The van der Waals surface area contributed by atoms with Gasteiger partial charge in [-0.3, -0.25) is 4.79 Å². The van der Waals surface area contributed by atoms with Crippen molar-refractivity contribution < 1.29 is 17.9 Å². The first kappa shape index (κ1) is 21.9. The highest BCUT2D eigenvalue weighted by Gasteiger charge is 2.22. The summed E-state index contributed by atoms with van der Waals surface area (Å²) in [5.74, 6) is 0.380. The molecule has 0 saturated heterocycles. The van der Waals surface area contributed by atoms with Gasteiger partial charge in [0.05, 0.1) is 4.90 Å². The predicted molar refractivity (Wildman–Crippen MR) is 111 cm³/mol. The SMILES string of the molecule is Cc1cccc(C)c1O[C@@H](C)C(=O)Nc1ccc(S(=O)(=O)NC(C)(C)C)cc1. The van der Waals surface area contributed by atoms with E-state index in [1.54, 1.807) is 39.8 Å². The van der Waals surface area contributed by atoms with Crippen LogP contribution in [0.5, 0.6) is 5.75 Å². The molecule has 0 aliphatic carbocycles. The van der Waals surface area contributed by atoms with E-state index in [4.69, 9.17) is 4.74 Å². The average Bonchev–Trinajstić information content (AvgIpc) is 2.56. The van der Waals surface area contributed by atoms with Crippen molar-refractivity contribution in [2.75, 3.05) is 5.32 Å². The Hall–Kier alpha value is -2.38. The Morgan fingerprint density at radius 2 is 1.54 bits per heavy atom. The van der Waals surface area contributed by atoms with Crippen molar-refractivity contribution in [1.82, 2.24) is 4.72 Å². The molecule has 0 radical (unpaired) electrons. The normalized spacial score (nSPS) is 13.1. The number of benzene rings is 2. The molecule has 0 heterocycles. The Balaban J connectivity index is 2.06. The smallest absolute Gasteiger partial charge is 0.265 e. The van der Waals surface area contributed by atoms with Crippen LogP contribution in [0.3, 0.4) is 0 Å². The molecule has 1 atom stereocenters. The minimum atomic E-state index is -3.62. The number of para-hydroxylation sites is 1. The van der Waals surface area contributed by atoms with Crippen LogP contribution in [0.1, 0.15) is 38.8 Å². The molecule has 1 amide bonds. The predicted octanol–water partition coefficient (Wildman–Crippen LogP) is 3.79. The number of rotatable bonds is 6. The Morgan fingerprint density at radius 1 is 1.00 bits per heavy atom. The molecule has 0 unspecified atom stereocenters. The topological polar surface area (TPSA) is 84.5 Å². The second kappa shape index (κ2) is 8.32. The van der Waals surface area contributed by atoms with Crippen LogP contribution >= 0.6 is 0 Å². The van der Waals surface area contributed by atoms with Gasteiger partial charge in [0.15, 0.2) is 6.10 Å². The maximum absolute atomic E-state index is 12.4. The van der Waals surface area contributed by atoms with Crippen molar-refractivity contribution in [1.29, 1.82) is 0 Å². The van der Waals surface area contributed by atoms with Gasteiger partial charge < -0.3 is 10.1 Å². The summed E-state index contributed by atoms with van der Waals surface area (Å²) in [6.07, 6.45) is -0.703. The summed E-state index contributed by atoms with van der Waals surface area (Å²) in [7, 11) is -3.62. The third kappa shape index (κ3) is 5.81. The number of nitrogens with one attached hydrogen (secondary N) is 2. The molecule has 2 N–H and O–H groups in total. The summed E-state index contributed by atoms with van der Waals surface area (Å²) in [6, 6.07) is 11.8. The molecule has 0 fully saturated rings. The number of sulfonamides is 1. The molecule has 152 valence electrons. The lowest BCUT2D eigenvalue weighted by Crippen LogP contribution is -2.40. The molecule has 28 heavy (non-hydrogen) atoms. The Bertz CT molecular complexity index is 925. The fourth-order valence-corrected chi connectivity index (χ4v) is 4.06. The standard InChI is InChI=1S/C21H28N2O4S/c1-14-8-7-9-15(2)19(14)27-16(3)20(24)22-17-10-12-18(13-11-17)28(25,26)23-21(4,5)6/h7-13,16,23H,1-6H3,(H,22,24)/t16-/m0/s1. The minimum Gasteiger partial charge on any atom is -0.480 e. The Kier molecular flexibility index (Phi) is 6.52. The van der Waals surface area contributed by atoms with Gasteiger partial charge in [-0.2, -0.15) is 0 Å².